The Hall–Kier alpha value is -2.94. The molecule has 0 spiro atoms. The molecule has 0 N–H and O–H groups in total. The molecule has 1 aromatic heterocycles. The lowest BCUT2D eigenvalue weighted by Crippen LogP contribution is -2.35. The van der Waals surface area contributed by atoms with E-state index in [-0.39, 0.29) is 12.0 Å². The summed E-state index contributed by atoms with van der Waals surface area (Å²) in [6, 6.07) is 16.0. The van der Waals surface area contributed by atoms with E-state index in [0.29, 0.717) is 28.3 Å². The molecule has 2 aromatic carbocycles. The molecule has 1 atom stereocenters. The molecule has 6 nitrogen and oxygen atoms in total. The minimum absolute atomic E-state index is 0.0531. The Kier molecular flexibility index (Phi) is 7.79. The number of aryl methyl sites for hydroxylation is 1. The summed E-state index contributed by atoms with van der Waals surface area (Å²) in [5.41, 5.74) is 4.67. The van der Waals surface area contributed by atoms with Crippen molar-refractivity contribution in [2.24, 2.45) is 5.92 Å². The maximum absolute atomic E-state index is 13.3. The molecule has 0 saturated carbocycles. The van der Waals surface area contributed by atoms with E-state index in [1.807, 2.05) is 65.5 Å². The molecular formula is C29H31N3O3S2. The number of thiocarbonyl (C=S) groups is 1. The molecule has 0 unspecified atom stereocenters. The molecular weight excluding hydrogens is 502 g/mol. The van der Waals surface area contributed by atoms with Crippen LogP contribution in [0.4, 0.5) is 0 Å². The van der Waals surface area contributed by atoms with E-state index >= 15 is 0 Å². The van der Waals surface area contributed by atoms with Gasteiger partial charge in [-0.1, -0.05) is 56.0 Å². The van der Waals surface area contributed by atoms with Crippen molar-refractivity contribution >= 4 is 40.3 Å². The van der Waals surface area contributed by atoms with Gasteiger partial charge in [0.05, 0.1) is 29.8 Å². The van der Waals surface area contributed by atoms with Gasteiger partial charge in [-0.2, -0.15) is 5.10 Å². The van der Waals surface area contributed by atoms with Crippen molar-refractivity contribution in [2.75, 3.05) is 19.8 Å². The zero-order valence-electron chi connectivity index (χ0n) is 21.3. The van der Waals surface area contributed by atoms with Crippen LogP contribution in [0.5, 0.6) is 5.75 Å². The average Bonchev–Trinajstić information content (AvgIpc) is 3.61. The van der Waals surface area contributed by atoms with E-state index in [4.69, 9.17) is 26.8 Å². The van der Waals surface area contributed by atoms with E-state index in [1.54, 1.807) is 4.90 Å². The molecule has 5 rings (SSSR count). The smallest absolute Gasteiger partial charge is 0.266 e. The highest BCUT2D eigenvalue weighted by Crippen LogP contribution is 2.36. The van der Waals surface area contributed by atoms with Crippen LogP contribution < -0.4 is 4.74 Å². The number of hydrogen-bond donors (Lipinski definition) is 0. The number of amides is 1. The van der Waals surface area contributed by atoms with Gasteiger partial charge in [0.2, 0.25) is 0 Å². The summed E-state index contributed by atoms with van der Waals surface area (Å²) >= 11 is 6.91. The number of rotatable bonds is 8. The molecule has 0 radical (unpaired) electrons. The van der Waals surface area contributed by atoms with Crippen molar-refractivity contribution in [2.45, 2.75) is 39.7 Å². The molecule has 3 aromatic rings. The summed E-state index contributed by atoms with van der Waals surface area (Å²) in [5, 5.41) is 4.95. The van der Waals surface area contributed by atoms with Gasteiger partial charge in [0.25, 0.3) is 5.91 Å². The summed E-state index contributed by atoms with van der Waals surface area (Å²) in [4.78, 5) is 15.6. The number of aromatic nitrogens is 2. The quantitative estimate of drug-likeness (QED) is 0.252. The Morgan fingerprint density at radius 3 is 2.76 bits per heavy atom. The third-order valence-corrected chi connectivity index (χ3v) is 7.75. The Labute approximate surface area is 227 Å². The second-order valence-corrected chi connectivity index (χ2v) is 11.5. The number of ether oxygens (including phenoxy) is 2. The van der Waals surface area contributed by atoms with Gasteiger partial charge in [-0.15, -0.1) is 0 Å². The minimum Gasteiger partial charge on any atom is -0.493 e. The number of para-hydroxylation sites is 1. The minimum atomic E-state index is -0.0712. The van der Waals surface area contributed by atoms with Crippen molar-refractivity contribution in [1.29, 1.82) is 0 Å². The highest BCUT2D eigenvalue weighted by atomic mass is 32.2. The Morgan fingerprint density at radius 1 is 1.24 bits per heavy atom. The number of nitrogens with zero attached hydrogens (tertiary/aromatic N) is 3. The van der Waals surface area contributed by atoms with Crippen LogP contribution in [0.2, 0.25) is 0 Å². The van der Waals surface area contributed by atoms with E-state index in [2.05, 4.69) is 20.8 Å². The van der Waals surface area contributed by atoms with E-state index in [9.17, 15) is 4.79 Å². The molecule has 2 saturated heterocycles. The molecule has 0 bridgehead atoms. The topological polar surface area (TPSA) is 56.6 Å². The SMILES string of the molecule is Cc1cc(OCC(C)C)ccc1-c1nn(-c2ccccc2)cc1/C=C1\SC(=S)N(C[C@@H]2CCCO2)C1=O. The number of benzene rings is 2. The molecule has 2 aliphatic rings. The highest BCUT2D eigenvalue weighted by Gasteiger charge is 2.35. The predicted molar refractivity (Wildman–Crippen MR) is 153 cm³/mol. The number of carbonyl (C=O) groups excluding carboxylic acids is 1. The lowest BCUT2D eigenvalue weighted by molar-refractivity contribution is -0.123. The first-order valence-electron chi connectivity index (χ1n) is 12.6. The summed E-state index contributed by atoms with van der Waals surface area (Å²) in [7, 11) is 0. The average molecular weight is 534 g/mol. The van der Waals surface area contributed by atoms with E-state index in [1.165, 1.54) is 11.8 Å². The van der Waals surface area contributed by atoms with Crippen molar-refractivity contribution < 1.29 is 14.3 Å². The first-order chi connectivity index (χ1) is 17.9. The lowest BCUT2D eigenvalue weighted by Gasteiger charge is -2.18. The fraction of sp³-hybridized carbons (Fsp3) is 0.345. The van der Waals surface area contributed by atoms with Crippen molar-refractivity contribution in [3.05, 3.63) is 70.8 Å². The summed E-state index contributed by atoms with van der Waals surface area (Å²) in [6.07, 6.45) is 5.93. The van der Waals surface area contributed by atoms with Gasteiger partial charge in [-0.3, -0.25) is 9.69 Å². The molecule has 2 fully saturated rings. The maximum atomic E-state index is 13.3. The van der Waals surface area contributed by atoms with Gasteiger partial charge in [0.15, 0.2) is 0 Å². The Bertz CT molecular complexity index is 1330. The van der Waals surface area contributed by atoms with Gasteiger partial charge in [-0.05, 0) is 67.7 Å². The van der Waals surface area contributed by atoms with Gasteiger partial charge in [0.1, 0.15) is 15.8 Å². The zero-order valence-corrected chi connectivity index (χ0v) is 23.0. The first kappa shape index (κ1) is 25.7. The van der Waals surface area contributed by atoms with Crippen molar-refractivity contribution in [1.82, 2.24) is 14.7 Å². The summed E-state index contributed by atoms with van der Waals surface area (Å²) in [6.45, 7) is 8.25. The fourth-order valence-corrected chi connectivity index (χ4v) is 5.73. The molecule has 8 heteroatoms. The second kappa shape index (κ2) is 11.2. The van der Waals surface area contributed by atoms with Crippen LogP contribution in [-0.2, 0) is 9.53 Å². The Balaban J connectivity index is 1.50. The van der Waals surface area contributed by atoms with Gasteiger partial charge in [-0.25, -0.2) is 4.68 Å². The third-order valence-electron chi connectivity index (χ3n) is 6.37. The van der Waals surface area contributed by atoms with Crippen LogP contribution in [0, 0.1) is 12.8 Å². The molecule has 2 aliphatic heterocycles. The molecule has 1 amide bonds. The molecule has 0 aliphatic carbocycles. The Morgan fingerprint density at radius 2 is 2.05 bits per heavy atom. The number of carbonyl (C=O) groups is 1. The lowest BCUT2D eigenvalue weighted by atomic mass is 10.0. The zero-order chi connectivity index (χ0) is 25.9. The predicted octanol–water partition coefficient (Wildman–Crippen LogP) is 6.26. The fourth-order valence-electron chi connectivity index (χ4n) is 4.46. The van der Waals surface area contributed by atoms with Crippen LogP contribution in [0.3, 0.4) is 0 Å². The number of thioether (sulfide) groups is 1. The highest BCUT2D eigenvalue weighted by molar-refractivity contribution is 8.26. The monoisotopic (exact) mass is 533 g/mol. The van der Waals surface area contributed by atoms with Crippen LogP contribution in [-0.4, -0.2) is 50.8 Å². The van der Waals surface area contributed by atoms with E-state index < -0.39 is 0 Å². The molecule has 3 heterocycles. The van der Waals surface area contributed by atoms with Gasteiger partial charge in [0, 0.05) is 23.9 Å². The summed E-state index contributed by atoms with van der Waals surface area (Å²) < 4.78 is 14.1. The van der Waals surface area contributed by atoms with Crippen molar-refractivity contribution in [3.8, 4) is 22.7 Å². The van der Waals surface area contributed by atoms with Crippen molar-refractivity contribution in [3.63, 3.8) is 0 Å². The van der Waals surface area contributed by atoms with E-state index in [0.717, 1.165) is 53.3 Å². The van der Waals surface area contributed by atoms with Crippen LogP contribution in [0.15, 0.2) is 59.6 Å². The van der Waals surface area contributed by atoms with Gasteiger partial charge >= 0.3 is 0 Å². The maximum Gasteiger partial charge on any atom is 0.266 e. The van der Waals surface area contributed by atoms with Crippen LogP contribution in [0.25, 0.3) is 23.0 Å². The second-order valence-electron chi connectivity index (χ2n) is 9.82. The van der Waals surface area contributed by atoms with Gasteiger partial charge < -0.3 is 9.47 Å². The van der Waals surface area contributed by atoms with Crippen LogP contribution in [0.1, 0.15) is 37.8 Å². The molecule has 192 valence electrons. The van der Waals surface area contributed by atoms with Crippen LogP contribution >= 0.6 is 24.0 Å². The summed E-state index contributed by atoms with van der Waals surface area (Å²) in [5.74, 6) is 1.22. The standard InChI is InChI=1S/C29H31N3O3S2/c1-19(2)18-35-23-11-12-25(20(3)14-23)27-21(16-32(30-27)22-8-5-4-6-9-22)15-26-28(33)31(29(36)37-26)17-24-10-7-13-34-24/h4-6,8-9,11-12,14-16,19,24H,7,10,13,17-18H2,1-3H3/b26-15-/t24-/m0/s1. The largest absolute Gasteiger partial charge is 0.493 e. The third kappa shape index (κ3) is 5.81. The molecule has 37 heavy (non-hydrogen) atoms. The number of hydrogen-bond acceptors (Lipinski definition) is 6. The normalized spacial score (nSPS) is 19.0. The first-order valence-corrected chi connectivity index (χ1v) is 13.9.